The van der Waals surface area contributed by atoms with Gasteiger partial charge in [0.2, 0.25) is 15.9 Å². The summed E-state index contributed by atoms with van der Waals surface area (Å²) < 4.78 is 30.8. The van der Waals surface area contributed by atoms with Crippen molar-refractivity contribution >= 4 is 15.9 Å². The van der Waals surface area contributed by atoms with Crippen LogP contribution in [0.4, 0.5) is 0 Å². The van der Waals surface area contributed by atoms with Crippen molar-refractivity contribution in [1.29, 1.82) is 0 Å². The number of carbonyl (C=O) groups is 1. The third-order valence-electron chi connectivity index (χ3n) is 4.14. The molecule has 6 nitrogen and oxygen atoms in total. The van der Waals surface area contributed by atoms with Gasteiger partial charge in [0.15, 0.2) is 0 Å². The van der Waals surface area contributed by atoms with Gasteiger partial charge in [-0.1, -0.05) is 24.3 Å². The topological polar surface area (TPSA) is 75.7 Å². The Morgan fingerprint density at radius 2 is 1.67 bits per heavy atom. The molecule has 1 unspecified atom stereocenters. The molecule has 0 aliphatic heterocycles. The zero-order valence-corrected chi connectivity index (χ0v) is 16.9. The number of hydrogen-bond donors (Lipinski definition) is 1. The van der Waals surface area contributed by atoms with Crippen molar-refractivity contribution in [3.05, 3.63) is 59.7 Å². The van der Waals surface area contributed by atoms with Crippen LogP contribution in [-0.2, 0) is 21.2 Å². The summed E-state index contributed by atoms with van der Waals surface area (Å²) in [6.07, 6.45) is 0.268. The highest BCUT2D eigenvalue weighted by molar-refractivity contribution is 7.89. The monoisotopic (exact) mass is 390 g/mol. The molecule has 7 heteroatoms. The van der Waals surface area contributed by atoms with E-state index >= 15 is 0 Å². The summed E-state index contributed by atoms with van der Waals surface area (Å²) in [6.45, 7) is 4.39. The van der Waals surface area contributed by atoms with Crippen LogP contribution in [0.1, 0.15) is 31.0 Å². The summed E-state index contributed by atoms with van der Waals surface area (Å²) in [5.74, 6) is 0.680. The third-order valence-corrected chi connectivity index (χ3v) is 5.96. The van der Waals surface area contributed by atoms with E-state index < -0.39 is 10.0 Å². The van der Waals surface area contributed by atoms with Gasteiger partial charge in [-0.25, -0.2) is 12.7 Å². The largest absolute Gasteiger partial charge is 0.494 e. The number of rotatable bonds is 8. The van der Waals surface area contributed by atoms with Crippen LogP contribution < -0.4 is 10.1 Å². The van der Waals surface area contributed by atoms with Crippen molar-refractivity contribution < 1.29 is 17.9 Å². The molecule has 1 amide bonds. The second-order valence-corrected chi connectivity index (χ2v) is 8.55. The molecule has 0 radical (unpaired) electrons. The van der Waals surface area contributed by atoms with Gasteiger partial charge < -0.3 is 10.1 Å². The Morgan fingerprint density at radius 1 is 1.07 bits per heavy atom. The molecule has 0 aromatic heterocycles. The summed E-state index contributed by atoms with van der Waals surface area (Å²) in [6, 6.07) is 13.8. The quantitative estimate of drug-likeness (QED) is 0.752. The molecule has 2 aromatic rings. The summed E-state index contributed by atoms with van der Waals surface area (Å²) in [5.41, 5.74) is 1.74. The summed E-state index contributed by atoms with van der Waals surface area (Å²) in [4.78, 5) is 12.5. The molecule has 146 valence electrons. The van der Waals surface area contributed by atoms with Crippen LogP contribution in [0, 0.1) is 0 Å². The summed E-state index contributed by atoms with van der Waals surface area (Å²) >= 11 is 0. The van der Waals surface area contributed by atoms with Gasteiger partial charge in [0.1, 0.15) is 5.75 Å². The van der Waals surface area contributed by atoms with Crippen LogP contribution in [0.15, 0.2) is 53.4 Å². The lowest BCUT2D eigenvalue weighted by molar-refractivity contribution is -0.121. The first kappa shape index (κ1) is 20.9. The molecular formula is C20H26N2O4S. The van der Waals surface area contributed by atoms with E-state index in [0.717, 1.165) is 16.9 Å². The van der Waals surface area contributed by atoms with Gasteiger partial charge >= 0.3 is 0 Å². The van der Waals surface area contributed by atoms with Crippen molar-refractivity contribution in [1.82, 2.24) is 9.62 Å². The number of hydrogen-bond acceptors (Lipinski definition) is 4. The van der Waals surface area contributed by atoms with Crippen molar-refractivity contribution in [2.45, 2.75) is 31.2 Å². The summed E-state index contributed by atoms with van der Waals surface area (Å²) in [7, 11) is -0.469. The molecule has 2 aromatic carbocycles. The van der Waals surface area contributed by atoms with Gasteiger partial charge in [-0.05, 0) is 49.2 Å². The van der Waals surface area contributed by atoms with Crippen LogP contribution in [-0.4, -0.2) is 39.3 Å². The average molecular weight is 391 g/mol. The zero-order valence-electron chi connectivity index (χ0n) is 16.1. The van der Waals surface area contributed by atoms with Gasteiger partial charge in [0, 0.05) is 14.1 Å². The molecule has 0 spiro atoms. The minimum atomic E-state index is -3.46. The van der Waals surface area contributed by atoms with Crippen molar-refractivity contribution in [2.75, 3.05) is 20.7 Å². The van der Waals surface area contributed by atoms with Gasteiger partial charge in [0.05, 0.1) is 24.0 Å². The maximum atomic E-state index is 12.3. The Labute approximate surface area is 161 Å². The standard InChI is InChI=1S/C20H26N2O4S/c1-5-26-18-10-6-16(7-11-18)14-20(23)21-15(2)17-8-12-19(13-9-17)27(24,25)22(3)4/h6-13,15H,5,14H2,1-4H3,(H,21,23). The smallest absolute Gasteiger partial charge is 0.242 e. The van der Waals surface area contributed by atoms with Crippen LogP contribution in [0.2, 0.25) is 0 Å². The fraction of sp³-hybridized carbons (Fsp3) is 0.350. The number of nitrogens with one attached hydrogen (secondary N) is 1. The lowest BCUT2D eigenvalue weighted by Crippen LogP contribution is -2.28. The van der Waals surface area contributed by atoms with Gasteiger partial charge in [-0.3, -0.25) is 4.79 Å². The Kier molecular flexibility index (Phi) is 6.98. The van der Waals surface area contributed by atoms with Crippen molar-refractivity contribution in [3.8, 4) is 5.75 Å². The maximum absolute atomic E-state index is 12.3. The van der Waals surface area contributed by atoms with E-state index in [0.29, 0.717) is 6.61 Å². The number of amides is 1. The number of sulfonamides is 1. The number of carbonyl (C=O) groups excluding carboxylic acids is 1. The number of ether oxygens (including phenoxy) is 1. The number of benzene rings is 2. The molecule has 1 atom stereocenters. The minimum Gasteiger partial charge on any atom is -0.494 e. The van der Waals surface area contributed by atoms with E-state index in [1.54, 1.807) is 24.3 Å². The van der Waals surface area contributed by atoms with E-state index in [1.165, 1.54) is 18.4 Å². The van der Waals surface area contributed by atoms with E-state index in [2.05, 4.69) is 5.32 Å². The maximum Gasteiger partial charge on any atom is 0.242 e. The Hall–Kier alpha value is -2.38. The SMILES string of the molecule is CCOc1ccc(CC(=O)NC(C)c2ccc(S(=O)(=O)N(C)C)cc2)cc1. The molecule has 0 bridgehead atoms. The predicted molar refractivity (Wildman–Crippen MR) is 105 cm³/mol. The second kappa shape index (κ2) is 9.01. The molecule has 0 heterocycles. The average Bonchev–Trinajstić information content (AvgIpc) is 2.63. The molecule has 0 aliphatic rings. The first-order valence-electron chi connectivity index (χ1n) is 8.77. The highest BCUT2D eigenvalue weighted by Gasteiger charge is 2.17. The fourth-order valence-electron chi connectivity index (χ4n) is 2.57. The van der Waals surface area contributed by atoms with Crippen LogP contribution in [0.3, 0.4) is 0 Å². The van der Waals surface area contributed by atoms with E-state index in [9.17, 15) is 13.2 Å². The third kappa shape index (κ3) is 5.55. The molecule has 1 N–H and O–H groups in total. The van der Waals surface area contributed by atoms with Gasteiger partial charge in [0.25, 0.3) is 0 Å². The normalized spacial score (nSPS) is 12.6. The Balaban J connectivity index is 1.97. The van der Waals surface area contributed by atoms with Crippen LogP contribution in [0.25, 0.3) is 0 Å². The van der Waals surface area contributed by atoms with Crippen LogP contribution in [0.5, 0.6) is 5.75 Å². The minimum absolute atomic E-state index is 0.100. The van der Waals surface area contributed by atoms with Crippen LogP contribution >= 0.6 is 0 Å². The molecule has 27 heavy (non-hydrogen) atoms. The first-order chi connectivity index (χ1) is 12.7. The highest BCUT2D eigenvalue weighted by atomic mass is 32.2. The molecule has 0 aliphatic carbocycles. The Morgan fingerprint density at radius 3 is 2.19 bits per heavy atom. The Bertz CT molecular complexity index is 860. The lowest BCUT2D eigenvalue weighted by Gasteiger charge is -2.16. The first-order valence-corrected chi connectivity index (χ1v) is 10.2. The lowest BCUT2D eigenvalue weighted by atomic mass is 10.1. The summed E-state index contributed by atoms with van der Waals surface area (Å²) in [5, 5.41) is 2.94. The second-order valence-electron chi connectivity index (χ2n) is 6.40. The highest BCUT2D eigenvalue weighted by Crippen LogP contribution is 2.18. The van der Waals surface area contributed by atoms with E-state index in [1.807, 2.05) is 38.1 Å². The molecule has 2 rings (SSSR count). The van der Waals surface area contributed by atoms with Gasteiger partial charge in [-0.2, -0.15) is 0 Å². The fourth-order valence-corrected chi connectivity index (χ4v) is 3.47. The molecule has 0 saturated carbocycles. The van der Waals surface area contributed by atoms with Gasteiger partial charge in [-0.15, -0.1) is 0 Å². The molecule has 0 fully saturated rings. The number of nitrogens with zero attached hydrogens (tertiary/aromatic N) is 1. The zero-order chi connectivity index (χ0) is 20.0. The molecular weight excluding hydrogens is 364 g/mol. The van der Waals surface area contributed by atoms with E-state index in [-0.39, 0.29) is 23.3 Å². The predicted octanol–water partition coefficient (Wildman–Crippen LogP) is 2.76. The van der Waals surface area contributed by atoms with Crippen molar-refractivity contribution in [3.63, 3.8) is 0 Å². The van der Waals surface area contributed by atoms with E-state index in [4.69, 9.17) is 4.74 Å². The van der Waals surface area contributed by atoms with Crippen molar-refractivity contribution in [2.24, 2.45) is 0 Å². The molecule has 0 saturated heterocycles.